The molecule has 0 spiro atoms. The molecule has 0 N–H and O–H groups in total. The average Bonchev–Trinajstić information content (AvgIpc) is 3.51. The molecule has 2 aromatic carbocycles. The summed E-state index contributed by atoms with van der Waals surface area (Å²) >= 11 is 0. The topological polar surface area (TPSA) is 45.6 Å². The summed E-state index contributed by atoms with van der Waals surface area (Å²) < 4.78 is 15.7. The second-order valence-corrected chi connectivity index (χ2v) is 8.12. The Kier molecular flexibility index (Phi) is 4.85. The van der Waals surface area contributed by atoms with Gasteiger partial charge in [-0.15, -0.1) is 0 Å². The first-order chi connectivity index (χ1) is 15.1. The van der Waals surface area contributed by atoms with Crippen molar-refractivity contribution in [2.45, 2.75) is 38.3 Å². The normalized spacial score (nSPS) is 17.1. The molecule has 0 saturated heterocycles. The summed E-state index contributed by atoms with van der Waals surface area (Å²) in [5.41, 5.74) is 3.45. The second-order valence-electron chi connectivity index (χ2n) is 8.12. The minimum atomic E-state index is -0.407. The van der Waals surface area contributed by atoms with Gasteiger partial charge in [0.05, 0.1) is 17.1 Å². The Hall–Kier alpha value is -3.41. The number of aromatic nitrogens is 1. The number of rotatable bonds is 5. The largest absolute Gasteiger partial charge is 0.330 e. The molecule has 1 aromatic heterocycles. The lowest BCUT2D eigenvalue weighted by molar-refractivity contribution is -0.135. The van der Waals surface area contributed by atoms with Gasteiger partial charge in [0.2, 0.25) is 11.8 Å². The quantitative estimate of drug-likeness (QED) is 0.616. The fourth-order valence-electron chi connectivity index (χ4n) is 4.45. The van der Waals surface area contributed by atoms with Crippen molar-refractivity contribution in [3.63, 3.8) is 0 Å². The molecular weight excluding hydrogens is 393 g/mol. The van der Waals surface area contributed by atoms with E-state index >= 15 is 0 Å². The van der Waals surface area contributed by atoms with Crippen LogP contribution >= 0.6 is 0 Å². The fraction of sp³-hybridized carbons (Fsp3) is 0.280. The molecule has 1 atom stereocenters. The average molecular weight is 417 g/mol. The number of anilines is 1. The van der Waals surface area contributed by atoms with E-state index in [1.165, 1.54) is 12.1 Å². The van der Waals surface area contributed by atoms with E-state index in [1.807, 2.05) is 49.5 Å². The Labute approximate surface area is 180 Å². The van der Waals surface area contributed by atoms with Crippen molar-refractivity contribution < 1.29 is 14.0 Å². The standard InChI is InChI=1S/C25H24FN3O2/c1-2-23(30)28(19-13-14-19)16-24(31)29-21-7-4-3-6-20(21)27-15-5-8-22(27)25(29)17-9-11-18(26)12-10-17/h3-12,15,19,25H,2,13-14,16H2,1H3/t25-/m1/s1. The number of para-hydroxylation sites is 2. The van der Waals surface area contributed by atoms with Crippen molar-refractivity contribution in [3.8, 4) is 5.69 Å². The van der Waals surface area contributed by atoms with E-state index in [9.17, 15) is 14.0 Å². The van der Waals surface area contributed by atoms with E-state index in [-0.39, 0.29) is 30.2 Å². The highest BCUT2D eigenvalue weighted by Gasteiger charge is 2.39. The van der Waals surface area contributed by atoms with Gasteiger partial charge < -0.3 is 9.47 Å². The van der Waals surface area contributed by atoms with Crippen LogP contribution in [0.2, 0.25) is 0 Å². The van der Waals surface area contributed by atoms with Crippen LogP contribution in [0, 0.1) is 5.82 Å². The van der Waals surface area contributed by atoms with Crippen molar-refractivity contribution >= 4 is 17.5 Å². The molecule has 5 nitrogen and oxygen atoms in total. The molecule has 1 fully saturated rings. The van der Waals surface area contributed by atoms with Gasteiger partial charge in [0.15, 0.2) is 0 Å². The summed E-state index contributed by atoms with van der Waals surface area (Å²) in [6, 6.07) is 17.7. The lowest BCUT2D eigenvalue weighted by Crippen LogP contribution is -2.47. The predicted molar refractivity (Wildman–Crippen MR) is 117 cm³/mol. The molecular formula is C25H24FN3O2. The van der Waals surface area contributed by atoms with Crippen LogP contribution in [0.15, 0.2) is 66.9 Å². The van der Waals surface area contributed by atoms with Crippen LogP contribution in [-0.4, -0.2) is 33.9 Å². The maximum Gasteiger partial charge on any atom is 0.247 e. The highest BCUT2D eigenvalue weighted by molar-refractivity contribution is 6.00. The fourth-order valence-corrected chi connectivity index (χ4v) is 4.45. The van der Waals surface area contributed by atoms with E-state index in [0.29, 0.717) is 6.42 Å². The molecule has 2 aliphatic rings. The van der Waals surface area contributed by atoms with Crippen molar-refractivity contribution in [2.75, 3.05) is 11.4 Å². The number of amides is 2. The molecule has 31 heavy (non-hydrogen) atoms. The monoisotopic (exact) mass is 417 g/mol. The molecule has 2 heterocycles. The summed E-state index contributed by atoms with van der Waals surface area (Å²) in [7, 11) is 0. The highest BCUT2D eigenvalue weighted by Crippen LogP contribution is 2.42. The van der Waals surface area contributed by atoms with Crippen LogP contribution in [0.1, 0.15) is 43.5 Å². The third kappa shape index (κ3) is 3.42. The minimum absolute atomic E-state index is 0.00264. The van der Waals surface area contributed by atoms with Gasteiger partial charge in [0.1, 0.15) is 18.4 Å². The summed E-state index contributed by atoms with van der Waals surface area (Å²) in [5.74, 6) is -0.451. The predicted octanol–water partition coefficient (Wildman–Crippen LogP) is 4.45. The molecule has 3 aromatic rings. The molecule has 158 valence electrons. The maximum absolute atomic E-state index is 13.8. The lowest BCUT2D eigenvalue weighted by Gasteiger charge is -2.39. The van der Waals surface area contributed by atoms with Gasteiger partial charge in [-0.05, 0) is 54.8 Å². The number of fused-ring (bicyclic) bond motifs is 3. The Bertz CT molecular complexity index is 1130. The summed E-state index contributed by atoms with van der Waals surface area (Å²) in [5, 5.41) is 0. The van der Waals surface area contributed by atoms with E-state index < -0.39 is 6.04 Å². The number of carbonyl (C=O) groups is 2. The number of hydrogen-bond donors (Lipinski definition) is 0. The summed E-state index contributed by atoms with van der Waals surface area (Å²) in [4.78, 5) is 29.8. The third-order valence-electron chi connectivity index (χ3n) is 6.09. The minimum Gasteiger partial charge on any atom is -0.330 e. The highest BCUT2D eigenvalue weighted by atomic mass is 19.1. The first kappa shape index (κ1) is 19.5. The van der Waals surface area contributed by atoms with Crippen molar-refractivity contribution in [1.82, 2.24) is 9.47 Å². The summed E-state index contributed by atoms with van der Waals surface area (Å²) in [6.07, 6.45) is 4.24. The van der Waals surface area contributed by atoms with Crippen molar-refractivity contribution in [1.29, 1.82) is 0 Å². The Morgan fingerprint density at radius 2 is 1.71 bits per heavy atom. The van der Waals surface area contributed by atoms with Gasteiger partial charge in [0, 0.05) is 18.7 Å². The van der Waals surface area contributed by atoms with Crippen LogP contribution in [0.5, 0.6) is 0 Å². The van der Waals surface area contributed by atoms with Gasteiger partial charge in [-0.2, -0.15) is 0 Å². The van der Waals surface area contributed by atoms with Gasteiger partial charge in [-0.25, -0.2) is 4.39 Å². The van der Waals surface area contributed by atoms with Crippen LogP contribution < -0.4 is 4.90 Å². The first-order valence-electron chi connectivity index (χ1n) is 10.7. The zero-order valence-electron chi connectivity index (χ0n) is 17.4. The number of carbonyl (C=O) groups excluding carboxylic acids is 2. The number of nitrogens with zero attached hydrogens (tertiary/aromatic N) is 3. The maximum atomic E-state index is 13.8. The van der Waals surface area contributed by atoms with Crippen LogP contribution in [0.3, 0.4) is 0 Å². The molecule has 0 bridgehead atoms. The molecule has 0 unspecified atom stereocenters. The summed E-state index contributed by atoms with van der Waals surface area (Å²) in [6.45, 7) is 1.87. The van der Waals surface area contributed by atoms with Crippen molar-refractivity contribution in [2.24, 2.45) is 0 Å². The molecule has 1 aliphatic carbocycles. The molecule has 1 aliphatic heterocycles. The van der Waals surface area contributed by atoms with E-state index in [1.54, 1.807) is 21.9 Å². The van der Waals surface area contributed by atoms with E-state index in [4.69, 9.17) is 0 Å². The Balaban J connectivity index is 1.60. The second kappa shape index (κ2) is 7.69. The van der Waals surface area contributed by atoms with Crippen molar-refractivity contribution in [3.05, 3.63) is 83.9 Å². The molecule has 6 heteroatoms. The van der Waals surface area contributed by atoms with E-state index in [2.05, 4.69) is 4.57 Å². The smallest absolute Gasteiger partial charge is 0.247 e. The Morgan fingerprint density at radius 3 is 2.39 bits per heavy atom. The van der Waals surface area contributed by atoms with Crippen LogP contribution in [0.25, 0.3) is 5.69 Å². The zero-order chi connectivity index (χ0) is 21.5. The van der Waals surface area contributed by atoms with Gasteiger partial charge >= 0.3 is 0 Å². The molecule has 5 rings (SSSR count). The third-order valence-corrected chi connectivity index (χ3v) is 6.09. The molecule has 1 saturated carbocycles. The van der Waals surface area contributed by atoms with Gasteiger partial charge in [-0.1, -0.05) is 31.2 Å². The molecule has 0 radical (unpaired) electrons. The van der Waals surface area contributed by atoms with E-state index in [0.717, 1.165) is 35.5 Å². The Morgan fingerprint density at radius 1 is 1.00 bits per heavy atom. The van der Waals surface area contributed by atoms with Gasteiger partial charge in [0.25, 0.3) is 0 Å². The van der Waals surface area contributed by atoms with Crippen LogP contribution in [-0.2, 0) is 9.59 Å². The number of benzene rings is 2. The zero-order valence-corrected chi connectivity index (χ0v) is 17.4. The SMILES string of the molecule is CCC(=O)N(CC(=O)N1c2ccccc2-n2cccc2[C@H]1c1ccc(F)cc1)C1CC1. The van der Waals surface area contributed by atoms with Crippen LogP contribution in [0.4, 0.5) is 10.1 Å². The van der Waals surface area contributed by atoms with Gasteiger partial charge in [-0.3, -0.25) is 14.5 Å². The number of hydrogen-bond acceptors (Lipinski definition) is 2. The lowest BCUT2D eigenvalue weighted by atomic mass is 9.97. The molecule has 2 amide bonds. The number of halogens is 1. The first-order valence-corrected chi connectivity index (χ1v) is 10.7.